The van der Waals surface area contributed by atoms with E-state index >= 15 is 0 Å². The predicted octanol–water partition coefficient (Wildman–Crippen LogP) is 2.65. The van der Waals surface area contributed by atoms with E-state index in [1.807, 2.05) is 12.1 Å². The summed E-state index contributed by atoms with van der Waals surface area (Å²) in [4.78, 5) is 11.4. The minimum atomic E-state index is -3.57. The molecule has 0 amide bonds. The van der Waals surface area contributed by atoms with Gasteiger partial charge in [-0.3, -0.25) is 4.79 Å². The smallest absolute Gasteiger partial charge is 0.307 e. The van der Waals surface area contributed by atoms with Gasteiger partial charge in [0.05, 0.1) is 17.9 Å². The van der Waals surface area contributed by atoms with Gasteiger partial charge < -0.3 is 4.74 Å². The lowest BCUT2D eigenvalue weighted by Crippen LogP contribution is -2.26. The maximum absolute atomic E-state index is 12.1. The molecule has 0 saturated heterocycles. The number of carbonyl (C=O) groups is 1. The molecule has 0 aliphatic rings. The van der Waals surface area contributed by atoms with E-state index in [1.54, 1.807) is 19.1 Å². The zero-order chi connectivity index (χ0) is 16.4. The Kier molecular flexibility index (Phi) is 8.12. The largest absolute Gasteiger partial charge is 0.466 e. The van der Waals surface area contributed by atoms with Crippen LogP contribution in [0.5, 0.6) is 0 Å². The molecule has 0 bridgehead atoms. The van der Waals surface area contributed by atoms with Crippen LogP contribution in [0.2, 0.25) is 0 Å². The Hall–Kier alpha value is -1.40. The van der Waals surface area contributed by atoms with Crippen LogP contribution in [-0.4, -0.2) is 27.5 Å². The molecule has 0 saturated carbocycles. The normalized spacial score (nSPS) is 11.4. The van der Waals surface area contributed by atoms with Gasteiger partial charge >= 0.3 is 5.97 Å². The molecular formula is C16H25NO4S. The van der Waals surface area contributed by atoms with Crippen molar-refractivity contribution in [1.82, 2.24) is 4.72 Å². The molecule has 0 radical (unpaired) electrons. The third kappa shape index (κ3) is 6.58. The SMILES string of the molecule is CCCCCc1ccc(S(=O)(=O)NCCC(=O)OCC)cc1. The summed E-state index contributed by atoms with van der Waals surface area (Å²) in [6, 6.07) is 6.90. The summed E-state index contributed by atoms with van der Waals surface area (Å²) in [5, 5.41) is 0. The number of hydrogen-bond donors (Lipinski definition) is 1. The summed E-state index contributed by atoms with van der Waals surface area (Å²) in [7, 11) is -3.57. The van der Waals surface area contributed by atoms with Crippen LogP contribution < -0.4 is 4.72 Å². The van der Waals surface area contributed by atoms with Gasteiger partial charge in [-0.05, 0) is 37.5 Å². The van der Waals surface area contributed by atoms with Crippen molar-refractivity contribution in [3.63, 3.8) is 0 Å². The van der Waals surface area contributed by atoms with E-state index < -0.39 is 16.0 Å². The number of nitrogens with one attached hydrogen (secondary N) is 1. The molecule has 0 spiro atoms. The molecule has 1 rings (SSSR count). The average Bonchev–Trinajstić information content (AvgIpc) is 2.48. The van der Waals surface area contributed by atoms with E-state index in [1.165, 1.54) is 6.42 Å². The van der Waals surface area contributed by atoms with Crippen molar-refractivity contribution in [2.45, 2.75) is 50.8 Å². The molecule has 6 heteroatoms. The summed E-state index contributed by atoms with van der Waals surface area (Å²) >= 11 is 0. The van der Waals surface area contributed by atoms with Gasteiger partial charge in [0, 0.05) is 6.54 Å². The minimum Gasteiger partial charge on any atom is -0.466 e. The van der Waals surface area contributed by atoms with Crippen molar-refractivity contribution >= 4 is 16.0 Å². The van der Waals surface area contributed by atoms with Crippen LogP contribution in [0.1, 0.15) is 45.1 Å². The van der Waals surface area contributed by atoms with Crippen molar-refractivity contribution in [1.29, 1.82) is 0 Å². The van der Waals surface area contributed by atoms with Gasteiger partial charge in [-0.1, -0.05) is 31.9 Å². The number of hydrogen-bond acceptors (Lipinski definition) is 4. The van der Waals surface area contributed by atoms with Crippen LogP contribution >= 0.6 is 0 Å². The first-order chi connectivity index (χ1) is 10.5. The van der Waals surface area contributed by atoms with Crippen LogP contribution in [0, 0.1) is 0 Å². The first-order valence-corrected chi connectivity index (χ1v) is 9.22. The first kappa shape index (κ1) is 18.6. The summed E-state index contributed by atoms with van der Waals surface area (Å²) in [6.07, 6.45) is 4.44. The number of carbonyl (C=O) groups excluding carboxylic acids is 1. The molecular weight excluding hydrogens is 302 g/mol. The van der Waals surface area contributed by atoms with E-state index in [2.05, 4.69) is 11.6 Å². The molecule has 5 nitrogen and oxygen atoms in total. The van der Waals surface area contributed by atoms with Gasteiger partial charge in [0.15, 0.2) is 0 Å². The number of esters is 1. The molecule has 22 heavy (non-hydrogen) atoms. The standard InChI is InChI=1S/C16H25NO4S/c1-3-5-6-7-14-8-10-15(11-9-14)22(19,20)17-13-12-16(18)21-4-2/h8-11,17H,3-7,12-13H2,1-2H3. The molecule has 0 atom stereocenters. The lowest BCUT2D eigenvalue weighted by Gasteiger charge is -2.07. The maximum atomic E-state index is 12.1. The fourth-order valence-corrected chi connectivity index (χ4v) is 3.05. The zero-order valence-electron chi connectivity index (χ0n) is 13.3. The highest BCUT2D eigenvalue weighted by Crippen LogP contribution is 2.13. The number of unbranched alkanes of at least 4 members (excludes halogenated alkanes) is 2. The fourth-order valence-electron chi connectivity index (χ4n) is 2.02. The second-order valence-corrected chi connectivity index (χ2v) is 6.82. The summed E-state index contributed by atoms with van der Waals surface area (Å²) in [5.41, 5.74) is 1.14. The molecule has 0 fully saturated rings. The quantitative estimate of drug-likeness (QED) is 0.530. The highest BCUT2D eigenvalue weighted by Gasteiger charge is 2.14. The predicted molar refractivity (Wildman–Crippen MR) is 86.1 cm³/mol. The van der Waals surface area contributed by atoms with E-state index in [-0.39, 0.29) is 17.9 Å². The van der Waals surface area contributed by atoms with Gasteiger partial charge in [-0.15, -0.1) is 0 Å². The van der Waals surface area contributed by atoms with Crippen molar-refractivity contribution in [2.75, 3.05) is 13.2 Å². The van der Waals surface area contributed by atoms with E-state index in [9.17, 15) is 13.2 Å². The highest BCUT2D eigenvalue weighted by molar-refractivity contribution is 7.89. The van der Waals surface area contributed by atoms with Crippen LogP contribution in [0.15, 0.2) is 29.2 Å². The first-order valence-electron chi connectivity index (χ1n) is 7.73. The van der Waals surface area contributed by atoms with Crippen LogP contribution in [0.3, 0.4) is 0 Å². The number of ether oxygens (including phenoxy) is 1. The summed E-state index contributed by atoms with van der Waals surface area (Å²) in [6.45, 7) is 4.20. The van der Waals surface area contributed by atoms with Crippen LogP contribution in [0.4, 0.5) is 0 Å². The molecule has 0 aliphatic heterocycles. The summed E-state index contributed by atoms with van der Waals surface area (Å²) in [5.74, 6) is -0.406. The minimum absolute atomic E-state index is 0.0299. The van der Waals surface area contributed by atoms with Crippen LogP contribution in [-0.2, 0) is 26.0 Å². The number of sulfonamides is 1. The highest BCUT2D eigenvalue weighted by atomic mass is 32.2. The van der Waals surface area contributed by atoms with Crippen molar-refractivity contribution in [2.24, 2.45) is 0 Å². The van der Waals surface area contributed by atoms with Gasteiger partial charge in [0.1, 0.15) is 0 Å². The molecule has 0 aromatic heterocycles. The van der Waals surface area contributed by atoms with Crippen molar-refractivity contribution in [3.8, 4) is 0 Å². The Morgan fingerprint density at radius 3 is 2.41 bits per heavy atom. The zero-order valence-corrected chi connectivity index (χ0v) is 14.1. The number of aryl methyl sites for hydroxylation is 1. The lowest BCUT2D eigenvalue weighted by molar-refractivity contribution is -0.142. The monoisotopic (exact) mass is 327 g/mol. The van der Waals surface area contributed by atoms with E-state index in [0.717, 1.165) is 24.8 Å². The van der Waals surface area contributed by atoms with Gasteiger partial charge in [-0.2, -0.15) is 0 Å². The Morgan fingerprint density at radius 2 is 1.82 bits per heavy atom. The topological polar surface area (TPSA) is 72.5 Å². The molecule has 0 heterocycles. The Bertz CT molecular complexity index is 552. The third-order valence-electron chi connectivity index (χ3n) is 3.23. The fraction of sp³-hybridized carbons (Fsp3) is 0.562. The maximum Gasteiger partial charge on any atom is 0.307 e. The Morgan fingerprint density at radius 1 is 1.14 bits per heavy atom. The van der Waals surface area contributed by atoms with Crippen LogP contribution in [0.25, 0.3) is 0 Å². The van der Waals surface area contributed by atoms with E-state index in [4.69, 9.17) is 4.74 Å². The molecule has 1 aromatic carbocycles. The van der Waals surface area contributed by atoms with Crippen molar-refractivity contribution in [3.05, 3.63) is 29.8 Å². The molecule has 1 aromatic rings. The third-order valence-corrected chi connectivity index (χ3v) is 4.71. The number of rotatable bonds is 10. The average molecular weight is 327 g/mol. The van der Waals surface area contributed by atoms with Crippen molar-refractivity contribution < 1.29 is 17.9 Å². The molecule has 1 N–H and O–H groups in total. The molecule has 124 valence electrons. The van der Waals surface area contributed by atoms with Gasteiger partial charge in [0.25, 0.3) is 0 Å². The Balaban J connectivity index is 2.52. The molecule has 0 aliphatic carbocycles. The second kappa shape index (κ2) is 9.58. The summed E-state index contributed by atoms with van der Waals surface area (Å²) < 4.78 is 31.3. The van der Waals surface area contributed by atoms with Gasteiger partial charge in [-0.25, -0.2) is 13.1 Å². The van der Waals surface area contributed by atoms with Gasteiger partial charge in [0.2, 0.25) is 10.0 Å². The second-order valence-electron chi connectivity index (χ2n) is 5.05. The molecule has 0 unspecified atom stereocenters. The Labute approximate surface area is 133 Å². The lowest BCUT2D eigenvalue weighted by atomic mass is 10.1. The van der Waals surface area contributed by atoms with E-state index in [0.29, 0.717) is 6.61 Å². The number of benzene rings is 1.